The van der Waals surface area contributed by atoms with E-state index in [4.69, 9.17) is 0 Å². The zero-order chi connectivity index (χ0) is 20.1. The summed E-state index contributed by atoms with van der Waals surface area (Å²) in [4.78, 5) is 24.2. The fourth-order valence-corrected chi connectivity index (χ4v) is 2.74. The molecule has 144 valence electrons. The van der Waals surface area contributed by atoms with Crippen LogP contribution in [0.3, 0.4) is 0 Å². The summed E-state index contributed by atoms with van der Waals surface area (Å²) in [5.41, 5.74) is 1.64. The lowest BCUT2D eigenvalue weighted by molar-refractivity contribution is -0.122. The van der Waals surface area contributed by atoms with Crippen LogP contribution < -0.4 is 10.9 Å². The number of halogens is 2. The SMILES string of the molecule is CC(NC(=O)CCn1nc(-c2ccc(F)cc2)ccc1=O)c1ccc(F)cc1. The molecular formula is C21H19F2N3O2. The van der Waals surface area contributed by atoms with Gasteiger partial charge in [0.1, 0.15) is 11.6 Å². The number of carbonyl (C=O) groups is 1. The van der Waals surface area contributed by atoms with Gasteiger partial charge in [0.25, 0.3) is 5.56 Å². The van der Waals surface area contributed by atoms with Crippen molar-refractivity contribution in [2.24, 2.45) is 0 Å². The molecule has 1 N–H and O–H groups in total. The van der Waals surface area contributed by atoms with E-state index in [1.165, 1.54) is 35.0 Å². The van der Waals surface area contributed by atoms with Gasteiger partial charge in [-0.3, -0.25) is 9.59 Å². The highest BCUT2D eigenvalue weighted by Crippen LogP contribution is 2.16. The van der Waals surface area contributed by atoms with Gasteiger partial charge in [0.15, 0.2) is 0 Å². The van der Waals surface area contributed by atoms with E-state index in [0.717, 1.165) is 5.56 Å². The number of hydrogen-bond donors (Lipinski definition) is 1. The van der Waals surface area contributed by atoms with E-state index in [1.54, 1.807) is 37.3 Å². The maximum Gasteiger partial charge on any atom is 0.266 e. The fourth-order valence-electron chi connectivity index (χ4n) is 2.74. The summed E-state index contributed by atoms with van der Waals surface area (Å²) < 4.78 is 27.3. The molecule has 3 aromatic rings. The van der Waals surface area contributed by atoms with Crippen LogP contribution in [0.25, 0.3) is 11.3 Å². The molecule has 2 aromatic carbocycles. The Morgan fingerprint density at radius 3 is 2.25 bits per heavy atom. The van der Waals surface area contributed by atoms with Crippen LogP contribution >= 0.6 is 0 Å². The van der Waals surface area contributed by atoms with E-state index in [1.807, 2.05) is 0 Å². The van der Waals surface area contributed by atoms with Gasteiger partial charge in [-0.1, -0.05) is 12.1 Å². The van der Waals surface area contributed by atoms with E-state index >= 15 is 0 Å². The van der Waals surface area contributed by atoms with Crippen molar-refractivity contribution in [2.45, 2.75) is 25.9 Å². The summed E-state index contributed by atoms with van der Waals surface area (Å²) in [6, 6.07) is 14.3. The fraction of sp³-hybridized carbons (Fsp3) is 0.190. The Balaban J connectivity index is 1.64. The Kier molecular flexibility index (Phi) is 5.93. The van der Waals surface area contributed by atoms with Crippen LogP contribution in [0.4, 0.5) is 8.78 Å². The summed E-state index contributed by atoms with van der Waals surface area (Å²) >= 11 is 0. The van der Waals surface area contributed by atoms with Crippen molar-refractivity contribution in [1.29, 1.82) is 0 Å². The smallest absolute Gasteiger partial charge is 0.266 e. The van der Waals surface area contributed by atoms with Gasteiger partial charge in [0, 0.05) is 18.1 Å². The van der Waals surface area contributed by atoms with Crippen molar-refractivity contribution in [3.8, 4) is 11.3 Å². The maximum atomic E-state index is 13.1. The third kappa shape index (κ3) is 4.88. The summed E-state index contributed by atoms with van der Waals surface area (Å²) in [6.07, 6.45) is 0.0608. The second kappa shape index (κ2) is 8.56. The Morgan fingerprint density at radius 2 is 1.61 bits per heavy atom. The third-order valence-electron chi connectivity index (χ3n) is 4.30. The van der Waals surface area contributed by atoms with Crippen molar-refractivity contribution in [2.75, 3.05) is 0 Å². The number of nitrogens with zero attached hydrogens (tertiary/aromatic N) is 2. The summed E-state index contributed by atoms with van der Waals surface area (Å²) in [6.45, 7) is 1.90. The molecule has 1 atom stereocenters. The van der Waals surface area contributed by atoms with E-state index in [0.29, 0.717) is 11.3 Å². The number of benzene rings is 2. The second-order valence-corrected chi connectivity index (χ2v) is 6.38. The van der Waals surface area contributed by atoms with Gasteiger partial charge in [-0.2, -0.15) is 5.10 Å². The average Bonchev–Trinajstić information content (AvgIpc) is 2.68. The van der Waals surface area contributed by atoms with Crippen molar-refractivity contribution in [1.82, 2.24) is 15.1 Å². The molecule has 1 amide bonds. The summed E-state index contributed by atoms with van der Waals surface area (Å²) in [5, 5.41) is 7.06. The zero-order valence-electron chi connectivity index (χ0n) is 15.2. The average molecular weight is 383 g/mol. The summed E-state index contributed by atoms with van der Waals surface area (Å²) in [7, 11) is 0. The minimum absolute atomic E-state index is 0.0608. The molecule has 0 saturated carbocycles. The number of rotatable bonds is 6. The first-order valence-corrected chi connectivity index (χ1v) is 8.81. The normalized spacial score (nSPS) is 11.8. The Bertz CT molecular complexity index is 1020. The van der Waals surface area contributed by atoms with Gasteiger partial charge in [0.2, 0.25) is 5.91 Å². The quantitative estimate of drug-likeness (QED) is 0.709. The van der Waals surface area contributed by atoms with Crippen LogP contribution in [0.1, 0.15) is 24.9 Å². The Morgan fingerprint density at radius 1 is 1.00 bits per heavy atom. The first kappa shape index (κ1) is 19.4. The van der Waals surface area contributed by atoms with Gasteiger partial charge >= 0.3 is 0 Å². The number of amides is 1. The molecule has 0 saturated heterocycles. The minimum atomic E-state index is -0.357. The maximum absolute atomic E-state index is 13.1. The third-order valence-corrected chi connectivity index (χ3v) is 4.30. The van der Waals surface area contributed by atoms with Crippen LogP contribution in [0.15, 0.2) is 65.5 Å². The van der Waals surface area contributed by atoms with E-state index in [2.05, 4.69) is 10.4 Å². The van der Waals surface area contributed by atoms with E-state index < -0.39 is 0 Å². The molecule has 1 heterocycles. The summed E-state index contributed by atoms with van der Waals surface area (Å²) in [5.74, 6) is -0.949. The highest BCUT2D eigenvalue weighted by molar-refractivity contribution is 5.76. The molecule has 0 bridgehead atoms. The monoisotopic (exact) mass is 383 g/mol. The number of carbonyl (C=O) groups excluding carboxylic acids is 1. The second-order valence-electron chi connectivity index (χ2n) is 6.38. The molecule has 0 aliphatic rings. The first-order chi connectivity index (χ1) is 13.4. The molecule has 1 aromatic heterocycles. The lowest BCUT2D eigenvalue weighted by atomic mass is 10.1. The van der Waals surface area contributed by atoms with Gasteiger partial charge in [0.05, 0.1) is 18.3 Å². The van der Waals surface area contributed by atoms with E-state index in [9.17, 15) is 18.4 Å². The Labute approximate surface area is 160 Å². The number of hydrogen-bond acceptors (Lipinski definition) is 3. The molecule has 5 nitrogen and oxygen atoms in total. The molecule has 7 heteroatoms. The molecule has 28 heavy (non-hydrogen) atoms. The molecule has 0 spiro atoms. The topological polar surface area (TPSA) is 64.0 Å². The van der Waals surface area contributed by atoms with Crippen LogP contribution in [0, 0.1) is 11.6 Å². The molecule has 0 aliphatic carbocycles. The van der Waals surface area contributed by atoms with Gasteiger partial charge in [-0.05, 0) is 55.0 Å². The first-order valence-electron chi connectivity index (χ1n) is 8.81. The van der Waals surface area contributed by atoms with Gasteiger partial charge < -0.3 is 5.32 Å². The highest BCUT2D eigenvalue weighted by atomic mass is 19.1. The standard InChI is InChI=1S/C21H19F2N3O2/c1-14(15-2-6-17(22)7-3-15)24-20(27)12-13-26-21(28)11-10-19(25-26)16-4-8-18(23)9-5-16/h2-11,14H,12-13H2,1H3,(H,24,27). The van der Waals surface area contributed by atoms with Crippen LogP contribution in [0.5, 0.6) is 0 Å². The molecule has 3 rings (SSSR count). The van der Waals surface area contributed by atoms with Gasteiger partial charge in [-0.25, -0.2) is 13.5 Å². The molecule has 0 fully saturated rings. The Hall–Kier alpha value is -3.35. The van der Waals surface area contributed by atoms with Crippen molar-refractivity contribution in [3.63, 3.8) is 0 Å². The minimum Gasteiger partial charge on any atom is -0.350 e. The van der Waals surface area contributed by atoms with E-state index in [-0.39, 0.29) is 42.1 Å². The molecule has 0 radical (unpaired) electrons. The van der Waals surface area contributed by atoms with Crippen LogP contribution in [-0.4, -0.2) is 15.7 Å². The predicted octanol–water partition coefficient (Wildman–Crippen LogP) is 3.46. The number of aromatic nitrogens is 2. The molecular weight excluding hydrogens is 364 g/mol. The lowest BCUT2D eigenvalue weighted by Gasteiger charge is -2.14. The van der Waals surface area contributed by atoms with Crippen LogP contribution in [0.2, 0.25) is 0 Å². The largest absolute Gasteiger partial charge is 0.350 e. The number of nitrogens with one attached hydrogen (secondary N) is 1. The van der Waals surface area contributed by atoms with Crippen molar-refractivity contribution < 1.29 is 13.6 Å². The lowest BCUT2D eigenvalue weighted by Crippen LogP contribution is -2.30. The van der Waals surface area contributed by atoms with Crippen molar-refractivity contribution in [3.05, 3.63) is 88.2 Å². The highest BCUT2D eigenvalue weighted by Gasteiger charge is 2.11. The zero-order valence-corrected chi connectivity index (χ0v) is 15.2. The number of aryl methyl sites for hydroxylation is 1. The predicted molar refractivity (Wildman–Crippen MR) is 101 cm³/mol. The molecule has 1 unspecified atom stereocenters. The van der Waals surface area contributed by atoms with Crippen LogP contribution in [-0.2, 0) is 11.3 Å². The van der Waals surface area contributed by atoms with Gasteiger partial charge in [-0.15, -0.1) is 0 Å². The molecule has 0 aliphatic heterocycles. The van der Waals surface area contributed by atoms with Crippen molar-refractivity contribution >= 4 is 5.91 Å².